The van der Waals surface area contributed by atoms with Crippen LogP contribution < -0.4 is 10.5 Å². The summed E-state index contributed by atoms with van der Waals surface area (Å²) in [6, 6.07) is 9.37. The molecule has 1 heterocycles. The van der Waals surface area contributed by atoms with Gasteiger partial charge in [-0.25, -0.2) is 4.98 Å². The van der Waals surface area contributed by atoms with Crippen molar-refractivity contribution in [3.8, 4) is 11.4 Å². The standard InChI is InChI=1S/C14H10Br2ClN3O/c1-21-12-6-11(7(15)5-8(12)16)20-10-4-2-3-9(17)13(10)19-14(20)18/h2-6H,1H3,(H2,18,19). The van der Waals surface area contributed by atoms with Gasteiger partial charge in [-0.05, 0) is 50.1 Å². The summed E-state index contributed by atoms with van der Waals surface area (Å²) in [7, 11) is 1.62. The van der Waals surface area contributed by atoms with Gasteiger partial charge in [0.2, 0.25) is 5.95 Å². The number of nitrogen functional groups attached to an aromatic ring is 1. The minimum atomic E-state index is 0.364. The summed E-state index contributed by atoms with van der Waals surface area (Å²) in [5.74, 6) is 1.07. The van der Waals surface area contributed by atoms with Crippen LogP contribution in [-0.4, -0.2) is 16.7 Å². The molecule has 3 aromatic rings. The molecule has 0 radical (unpaired) electrons. The number of nitrogens with zero attached hydrogens (tertiary/aromatic N) is 2. The van der Waals surface area contributed by atoms with Gasteiger partial charge in [-0.2, -0.15) is 0 Å². The van der Waals surface area contributed by atoms with Gasteiger partial charge in [-0.1, -0.05) is 17.7 Å². The van der Waals surface area contributed by atoms with Gasteiger partial charge in [0.15, 0.2) is 0 Å². The maximum Gasteiger partial charge on any atom is 0.206 e. The Hall–Kier alpha value is -1.24. The van der Waals surface area contributed by atoms with Crippen LogP contribution in [0.1, 0.15) is 0 Å². The van der Waals surface area contributed by atoms with Gasteiger partial charge in [0.05, 0.1) is 27.8 Å². The molecular formula is C14H10Br2ClN3O. The summed E-state index contributed by atoms with van der Waals surface area (Å²) in [6.45, 7) is 0. The summed E-state index contributed by atoms with van der Waals surface area (Å²) in [5.41, 5.74) is 8.41. The number of hydrogen-bond donors (Lipinski definition) is 1. The van der Waals surface area contributed by atoms with Crippen LogP contribution in [-0.2, 0) is 0 Å². The van der Waals surface area contributed by atoms with Gasteiger partial charge < -0.3 is 10.5 Å². The van der Waals surface area contributed by atoms with Crippen molar-refractivity contribution >= 4 is 60.4 Å². The molecular weight excluding hydrogens is 421 g/mol. The zero-order chi connectivity index (χ0) is 15.1. The maximum atomic E-state index is 6.18. The van der Waals surface area contributed by atoms with E-state index in [0.29, 0.717) is 22.2 Å². The average molecular weight is 432 g/mol. The van der Waals surface area contributed by atoms with Crippen molar-refractivity contribution < 1.29 is 4.74 Å². The number of ether oxygens (including phenoxy) is 1. The lowest BCUT2D eigenvalue weighted by Gasteiger charge is -2.12. The number of fused-ring (bicyclic) bond motifs is 1. The maximum absolute atomic E-state index is 6.18. The highest BCUT2D eigenvalue weighted by molar-refractivity contribution is 9.11. The molecule has 1 aromatic heterocycles. The molecule has 2 aromatic carbocycles. The molecule has 0 spiro atoms. The van der Waals surface area contributed by atoms with Gasteiger partial charge >= 0.3 is 0 Å². The molecule has 0 amide bonds. The third-order valence-electron chi connectivity index (χ3n) is 3.12. The second-order valence-electron chi connectivity index (χ2n) is 4.35. The lowest BCUT2D eigenvalue weighted by molar-refractivity contribution is 0.412. The molecule has 0 aliphatic rings. The number of imidazole rings is 1. The Morgan fingerprint density at radius 1 is 1.24 bits per heavy atom. The molecule has 0 unspecified atom stereocenters. The van der Waals surface area contributed by atoms with Gasteiger partial charge in [0.25, 0.3) is 0 Å². The van der Waals surface area contributed by atoms with Crippen LogP contribution in [0.5, 0.6) is 5.75 Å². The quantitative estimate of drug-likeness (QED) is 0.635. The monoisotopic (exact) mass is 429 g/mol. The highest BCUT2D eigenvalue weighted by Gasteiger charge is 2.16. The number of methoxy groups -OCH3 is 1. The van der Waals surface area contributed by atoms with Crippen LogP contribution in [0.4, 0.5) is 5.95 Å². The van der Waals surface area contributed by atoms with Crippen LogP contribution in [0.25, 0.3) is 16.7 Å². The third-order valence-corrected chi connectivity index (χ3v) is 4.68. The van der Waals surface area contributed by atoms with Gasteiger partial charge in [-0.15, -0.1) is 0 Å². The predicted octanol–water partition coefficient (Wildman–Crippen LogP) is 4.79. The number of halogens is 3. The number of benzene rings is 2. The second-order valence-corrected chi connectivity index (χ2v) is 6.47. The fourth-order valence-corrected chi connectivity index (χ4v) is 3.73. The van der Waals surface area contributed by atoms with Gasteiger partial charge in [0.1, 0.15) is 11.3 Å². The largest absolute Gasteiger partial charge is 0.495 e. The number of hydrogen-bond acceptors (Lipinski definition) is 3. The molecule has 0 atom stereocenters. The Balaban J connectivity index is 2.35. The van der Waals surface area contributed by atoms with Crippen molar-refractivity contribution in [2.45, 2.75) is 0 Å². The van der Waals surface area contributed by atoms with E-state index in [1.807, 2.05) is 28.8 Å². The molecule has 3 rings (SSSR count). The van der Waals surface area contributed by atoms with Crippen LogP contribution in [0.15, 0.2) is 39.3 Å². The second kappa shape index (κ2) is 5.51. The number of para-hydroxylation sites is 1. The van der Waals surface area contributed by atoms with Crippen molar-refractivity contribution in [2.24, 2.45) is 0 Å². The van der Waals surface area contributed by atoms with E-state index in [9.17, 15) is 0 Å². The minimum Gasteiger partial charge on any atom is -0.495 e. The SMILES string of the molecule is COc1cc(-n2c(N)nc3c(Cl)cccc32)c(Br)cc1Br. The number of anilines is 1. The molecule has 2 N–H and O–H groups in total. The summed E-state index contributed by atoms with van der Waals surface area (Å²) < 4.78 is 8.89. The molecule has 0 bridgehead atoms. The highest BCUT2D eigenvalue weighted by atomic mass is 79.9. The van der Waals surface area contributed by atoms with Crippen molar-refractivity contribution in [3.63, 3.8) is 0 Å². The minimum absolute atomic E-state index is 0.364. The predicted molar refractivity (Wildman–Crippen MR) is 92.4 cm³/mol. The van der Waals surface area contributed by atoms with Gasteiger partial charge in [-0.3, -0.25) is 4.57 Å². The first-order valence-electron chi connectivity index (χ1n) is 5.98. The van der Waals surface area contributed by atoms with E-state index >= 15 is 0 Å². The fraction of sp³-hybridized carbons (Fsp3) is 0.0714. The third kappa shape index (κ3) is 2.41. The summed E-state index contributed by atoms with van der Waals surface area (Å²) in [4.78, 5) is 4.34. The summed E-state index contributed by atoms with van der Waals surface area (Å²) >= 11 is 13.2. The molecule has 7 heteroatoms. The average Bonchev–Trinajstić information content (AvgIpc) is 2.77. The van der Waals surface area contributed by atoms with Crippen molar-refractivity contribution in [1.82, 2.24) is 9.55 Å². The van der Waals surface area contributed by atoms with E-state index in [1.165, 1.54) is 0 Å². The van der Waals surface area contributed by atoms with Crippen LogP contribution >= 0.6 is 43.5 Å². The van der Waals surface area contributed by atoms with E-state index < -0.39 is 0 Å². The normalized spacial score (nSPS) is 11.0. The van der Waals surface area contributed by atoms with E-state index in [4.69, 9.17) is 22.1 Å². The topological polar surface area (TPSA) is 53.1 Å². The molecule has 0 aliphatic carbocycles. The van der Waals surface area contributed by atoms with Crippen molar-refractivity contribution in [2.75, 3.05) is 12.8 Å². The zero-order valence-corrected chi connectivity index (χ0v) is 14.8. The molecule has 21 heavy (non-hydrogen) atoms. The lowest BCUT2D eigenvalue weighted by Crippen LogP contribution is -2.02. The van der Waals surface area contributed by atoms with Gasteiger partial charge in [0, 0.05) is 10.5 Å². The Morgan fingerprint density at radius 2 is 2.00 bits per heavy atom. The smallest absolute Gasteiger partial charge is 0.206 e. The first-order valence-corrected chi connectivity index (χ1v) is 7.95. The van der Waals surface area contributed by atoms with E-state index in [-0.39, 0.29) is 0 Å². The Labute approximate surface area is 143 Å². The van der Waals surface area contributed by atoms with E-state index in [0.717, 1.165) is 20.1 Å². The lowest BCUT2D eigenvalue weighted by atomic mass is 10.2. The molecule has 108 valence electrons. The molecule has 0 aliphatic heterocycles. The highest BCUT2D eigenvalue weighted by Crippen LogP contribution is 2.37. The van der Waals surface area contributed by atoms with Crippen molar-refractivity contribution in [3.05, 3.63) is 44.3 Å². The molecule has 4 nitrogen and oxygen atoms in total. The summed E-state index contributed by atoms with van der Waals surface area (Å²) in [6.07, 6.45) is 0. The Bertz CT molecular complexity index is 848. The number of nitrogens with two attached hydrogens (primary N) is 1. The molecule has 0 fully saturated rings. The Kier molecular flexibility index (Phi) is 3.86. The molecule has 0 saturated carbocycles. The van der Waals surface area contributed by atoms with E-state index in [2.05, 4.69) is 36.8 Å². The number of rotatable bonds is 2. The van der Waals surface area contributed by atoms with Crippen LogP contribution in [0.2, 0.25) is 5.02 Å². The molecule has 0 saturated heterocycles. The Morgan fingerprint density at radius 3 is 2.71 bits per heavy atom. The van der Waals surface area contributed by atoms with Crippen LogP contribution in [0.3, 0.4) is 0 Å². The first kappa shape index (κ1) is 14.7. The van der Waals surface area contributed by atoms with Crippen molar-refractivity contribution in [1.29, 1.82) is 0 Å². The number of aromatic nitrogens is 2. The fourth-order valence-electron chi connectivity index (χ4n) is 2.18. The van der Waals surface area contributed by atoms with Crippen LogP contribution in [0, 0.1) is 0 Å². The summed E-state index contributed by atoms with van der Waals surface area (Å²) in [5, 5.41) is 0.568. The van der Waals surface area contributed by atoms with E-state index in [1.54, 1.807) is 13.2 Å². The first-order chi connectivity index (χ1) is 10.0. The zero-order valence-electron chi connectivity index (χ0n) is 10.9.